The SMILES string of the molecule is COC(=O)C1CC2=C(C[C@]34CCN(CC5CC5)[C@H](Cc5ccc(OC)cc53)[C@@H]4C2)NC1=O. The molecule has 0 aromatic heterocycles. The molecule has 6 nitrogen and oxygen atoms in total. The van der Waals surface area contributed by atoms with Gasteiger partial charge in [0.1, 0.15) is 11.7 Å². The normalized spacial score (nSPS) is 33.6. The van der Waals surface area contributed by atoms with E-state index in [2.05, 4.69) is 28.4 Å². The van der Waals surface area contributed by atoms with E-state index in [0.717, 1.165) is 49.6 Å². The summed E-state index contributed by atoms with van der Waals surface area (Å²) in [6.07, 6.45) is 7.22. The molecule has 1 amide bonds. The molecule has 2 aliphatic heterocycles. The summed E-state index contributed by atoms with van der Waals surface area (Å²) in [7, 11) is 3.09. The number of ether oxygens (including phenoxy) is 2. The van der Waals surface area contributed by atoms with Gasteiger partial charge in [-0.15, -0.1) is 0 Å². The average Bonchev–Trinajstić information content (AvgIpc) is 3.62. The molecule has 6 rings (SSSR count). The van der Waals surface area contributed by atoms with Crippen LogP contribution in [-0.4, -0.2) is 50.1 Å². The van der Waals surface area contributed by atoms with E-state index < -0.39 is 11.9 Å². The molecule has 2 heterocycles. The lowest BCUT2D eigenvalue weighted by Gasteiger charge is -2.60. The Labute approximate surface area is 189 Å². The van der Waals surface area contributed by atoms with E-state index >= 15 is 0 Å². The van der Waals surface area contributed by atoms with Gasteiger partial charge in [0, 0.05) is 23.7 Å². The number of piperidine rings is 1. The number of nitrogens with one attached hydrogen (secondary N) is 1. The van der Waals surface area contributed by atoms with E-state index in [1.54, 1.807) is 7.11 Å². The molecule has 1 unspecified atom stereocenters. The van der Waals surface area contributed by atoms with Crippen LogP contribution in [0.4, 0.5) is 0 Å². The summed E-state index contributed by atoms with van der Waals surface area (Å²) >= 11 is 0. The number of benzene rings is 1. The number of esters is 1. The molecule has 0 radical (unpaired) electrons. The number of likely N-dealkylation sites (tertiary alicyclic amines) is 1. The lowest BCUT2D eigenvalue weighted by molar-refractivity contribution is -0.150. The monoisotopic (exact) mass is 436 g/mol. The number of allylic oxidation sites excluding steroid dienone is 2. The first-order valence-corrected chi connectivity index (χ1v) is 12.0. The minimum absolute atomic E-state index is 0.0249. The molecule has 1 saturated carbocycles. The third-order valence-electron chi connectivity index (χ3n) is 8.87. The number of carbonyl (C=O) groups excluding carboxylic acids is 2. The molecule has 1 saturated heterocycles. The fourth-order valence-corrected chi connectivity index (χ4v) is 7.05. The van der Waals surface area contributed by atoms with Gasteiger partial charge in [-0.25, -0.2) is 0 Å². The van der Waals surface area contributed by atoms with Crippen molar-refractivity contribution < 1.29 is 19.1 Å². The van der Waals surface area contributed by atoms with E-state index in [0.29, 0.717) is 18.4 Å². The quantitative estimate of drug-likeness (QED) is 0.581. The van der Waals surface area contributed by atoms with Crippen LogP contribution in [0.25, 0.3) is 0 Å². The van der Waals surface area contributed by atoms with E-state index in [-0.39, 0.29) is 11.3 Å². The highest BCUT2D eigenvalue weighted by Gasteiger charge is 2.57. The third kappa shape index (κ3) is 3.02. The number of amides is 1. The summed E-state index contributed by atoms with van der Waals surface area (Å²) in [6.45, 7) is 2.34. The summed E-state index contributed by atoms with van der Waals surface area (Å²) in [5, 5.41) is 3.12. The van der Waals surface area contributed by atoms with Crippen molar-refractivity contribution in [2.45, 2.75) is 56.4 Å². The molecule has 3 aliphatic carbocycles. The van der Waals surface area contributed by atoms with Crippen molar-refractivity contribution in [1.82, 2.24) is 10.2 Å². The number of nitrogens with zero attached hydrogens (tertiary/aromatic N) is 1. The van der Waals surface area contributed by atoms with Crippen molar-refractivity contribution in [3.8, 4) is 5.75 Å². The first-order chi connectivity index (χ1) is 15.5. The molecule has 2 fully saturated rings. The molecule has 0 spiro atoms. The largest absolute Gasteiger partial charge is 0.497 e. The Hall–Kier alpha value is -2.34. The van der Waals surface area contributed by atoms with Gasteiger partial charge in [0.2, 0.25) is 5.91 Å². The van der Waals surface area contributed by atoms with Crippen molar-refractivity contribution in [3.63, 3.8) is 0 Å². The highest BCUT2D eigenvalue weighted by molar-refractivity contribution is 5.99. The van der Waals surface area contributed by atoms with Crippen LogP contribution in [0.3, 0.4) is 0 Å². The maximum absolute atomic E-state index is 12.7. The van der Waals surface area contributed by atoms with Gasteiger partial charge in [-0.1, -0.05) is 6.07 Å². The maximum Gasteiger partial charge on any atom is 0.318 e. The topological polar surface area (TPSA) is 67.9 Å². The van der Waals surface area contributed by atoms with Crippen molar-refractivity contribution in [3.05, 3.63) is 40.6 Å². The van der Waals surface area contributed by atoms with Crippen molar-refractivity contribution in [1.29, 1.82) is 0 Å². The summed E-state index contributed by atoms with van der Waals surface area (Å²) in [5.74, 6) is 0.927. The molecule has 32 heavy (non-hydrogen) atoms. The summed E-state index contributed by atoms with van der Waals surface area (Å²) in [5.41, 5.74) is 5.18. The Morgan fingerprint density at radius 3 is 2.81 bits per heavy atom. The zero-order valence-corrected chi connectivity index (χ0v) is 19.0. The Balaban J connectivity index is 1.42. The molecule has 5 aliphatic rings. The summed E-state index contributed by atoms with van der Waals surface area (Å²) in [6, 6.07) is 7.13. The number of rotatable bonds is 4. The van der Waals surface area contributed by atoms with Crippen LogP contribution in [0.1, 0.15) is 49.7 Å². The highest BCUT2D eigenvalue weighted by Crippen LogP contribution is 2.58. The molecule has 1 aromatic rings. The van der Waals surface area contributed by atoms with E-state index in [1.165, 1.54) is 43.2 Å². The van der Waals surface area contributed by atoms with E-state index in [9.17, 15) is 9.59 Å². The fourth-order valence-electron chi connectivity index (χ4n) is 7.05. The second kappa shape index (κ2) is 7.34. The van der Waals surface area contributed by atoms with Crippen molar-refractivity contribution in [2.24, 2.45) is 17.8 Å². The summed E-state index contributed by atoms with van der Waals surface area (Å²) in [4.78, 5) is 27.7. The van der Waals surface area contributed by atoms with Crippen molar-refractivity contribution >= 4 is 11.9 Å². The van der Waals surface area contributed by atoms with Crippen LogP contribution < -0.4 is 10.1 Å². The van der Waals surface area contributed by atoms with E-state index in [1.807, 2.05) is 0 Å². The second-order valence-corrected chi connectivity index (χ2v) is 10.5. The Morgan fingerprint density at radius 2 is 2.06 bits per heavy atom. The van der Waals surface area contributed by atoms with Gasteiger partial charge < -0.3 is 14.8 Å². The number of carbonyl (C=O) groups is 2. The first-order valence-electron chi connectivity index (χ1n) is 12.0. The van der Waals surface area contributed by atoms with Crippen LogP contribution in [0, 0.1) is 17.8 Å². The smallest absolute Gasteiger partial charge is 0.318 e. The second-order valence-electron chi connectivity index (χ2n) is 10.5. The molecule has 1 aromatic carbocycles. The number of hydrogen-bond acceptors (Lipinski definition) is 5. The first kappa shape index (κ1) is 20.3. The molecule has 170 valence electrons. The van der Waals surface area contributed by atoms with Gasteiger partial charge in [-0.2, -0.15) is 0 Å². The van der Waals surface area contributed by atoms with Gasteiger partial charge in [-0.3, -0.25) is 14.5 Å². The average molecular weight is 437 g/mol. The third-order valence-corrected chi connectivity index (χ3v) is 8.87. The molecule has 6 heteroatoms. The predicted octanol–water partition coefficient (Wildman–Crippen LogP) is 2.95. The molecule has 2 bridgehead atoms. The van der Waals surface area contributed by atoms with Gasteiger partial charge in [0.15, 0.2) is 0 Å². The standard InChI is InChI=1S/C26H32N2O4/c1-31-18-6-5-16-11-23-21-10-17-9-19(25(30)32-2)24(29)27-22(17)13-26(21,20(16)12-18)7-8-28(23)14-15-3-4-15/h5-6,12,15,19,21,23H,3-4,7-11,13-14H2,1-2H3,(H,27,29)/t19?,21-,23+,26+/m0/s1. The van der Waals surface area contributed by atoms with Crippen LogP contribution in [0.5, 0.6) is 5.75 Å². The van der Waals surface area contributed by atoms with Gasteiger partial charge in [-0.05, 0) is 92.2 Å². The number of hydrogen-bond donors (Lipinski definition) is 1. The lowest BCUT2D eigenvalue weighted by atomic mass is 9.51. The fraction of sp³-hybridized carbons (Fsp3) is 0.615. The maximum atomic E-state index is 12.7. The van der Waals surface area contributed by atoms with Crippen LogP contribution in [0.15, 0.2) is 29.5 Å². The molecule has 4 atom stereocenters. The van der Waals surface area contributed by atoms with Crippen LogP contribution in [-0.2, 0) is 26.2 Å². The van der Waals surface area contributed by atoms with E-state index in [4.69, 9.17) is 9.47 Å². The van der Waals surface area contributed by atoms with Crippen LogP contribution in [0.2, 0.25) is 0 Å². The van der Waals surface area contributed by atoms with Crippen molar-refractivity contribution in [2.75, 3.05) is 27.3 Å². The predicted molar refractivity (Wildman–Crippen MR) is 119 cm³/mol. The highest BCUT2D eigenvalue weighted by atomic mass is 16.5. The van der Waals surface area contributed by atoms with Gasteiger partial charge >= 0.3 is 5.97 Å². The van der Waals surface area contributed by atoms with Crippen LogP contribution >= 0.6 is 0 Å². The molecule has 1 N–H and O–H groups in total. The number of methoxy groups -OCH3 is 2. The Kier molecular flexibility index (Phi) is 4.65. The van der Waals surface area contributed by atoms with Gasteiger partial charge in [0.05, 0.1) is 14.2 Å². The number of fused-ring (bicyclic) bond motifs is 1. The van der Waals surface area contributed by atoms with Gasteiger partial charge in [0.25, 0.3) is 0 Å². The Bertz CT molecular complexity index is 1010. The minimum atomic E-state index is -0.717. The zero-order chi connectivity index (χ0) is 22.0. The molecular weight excluding hydrogens is 404 g/mol. The lowest BCUT2D eigenvalue weighted by Crippen LogP contribution is -2.62. The molecular formula is C26H32N2O4. The summed E-state index contributed by atoms with van der Waals surface area (Å²) < 4.78 is 10.5. The zero-order valence-electron chi connectivity index (χ0n) is 19.0. The minimum Gasteiger partial charge on any atom is -0.497 e. The Morgan fingerprint density at radius 1 is 1.22 bits per heavy atom.